The third-order valence-electron chi connectivity index (χ3n) is 0.798. The van der Waals surface area contributed by atoms with E-state index >= 15 is 0 Å². The van der Waals surface area contributed by atoms with Gasteiger partial charge in [0.1, 0.15) is 6.73 Å². The number of nitrogens with one attached hydrogen (secondary N) is 1. The van der Waals surface area contributed by atoms with Crippen LogP contribution in [0, 0.1) is 0 Å². The highest BCUT2D eigenvalue weighted by Gasteiger charge is 1.93. The van der Waals surface area contributed by atoms with Gasteiger partial charge >= 0.3 is 0 Å². The van der Waals surface area contributed by atoms with Gasteiger partial charge in [0.2, 0.25) is 0 Å². The molecule has 1 fully saturated rings. The number of hydrogen-bond donors (Lipinski definition) is 1. The Morgan fingerprint density at radius 3 is 3.29 bits per heavy atom. The van der Waals surface area contributed by atoms with Crippen LogP contribution in [0.2, 0.25) is 0 Å². The Labute approximate surface area is 42.6 Å². The normalized spacial score (nSPS) is 24.0. The summed E-state index contributed by atoms with van der Waals surface area (Å²) in [5.41, 5.74) is 2.62. The Bertz CT molecular complexity index is 29.3. The van der Waals surface area contributed by atoms with Gasteiger partial charge in [-0.1, -0.05) is 0 Å². The van der Waals surface area contributed by atoms with E-state index in [-0.39, 0.29) is 0 Å². The number of rotatable bonds is 0. The Balaban J connectivity index is 2.04. The van der Waals surface area contributed by atoms with Gasteiger partial charge < -0.3 is 4.74 Å². The van der Waals surface area contributed by atoms with Crippen LogP contribution in [0.1, 0.15) is 6.42 Å². The maximum atomic E-state index is 4.96. The molecular weight excluding hydrogens is 94.0 g/mol. The second kappa shape index (κ2) is 2.96. The Morgan fingerprint density at radius 1 is 1.29 bits per heavy atom. The van der Waals surface area contributed by atoms with Crippen molar-refractivity contribution in [3.8, 4) is 0 Å². The zero-order chi connectivity index (χ0) is 4.95. The first-order chi connectivity index (χ1) is 3.50. The zero-order valence-electron chi connectivity index (χ0n) is 4.14. The van der Waals surface area contributed by atoms with Crippen molar-refractivity contribution in [2.45, 2.75) is 6.42 Å². The van der Waals surface area contributed by atoms with Gasteiger partial charge in [-0.3, -0.25) is 4.84 Å². The van der Waals surface area contributed by atoms with Crippen LogP contribution in [0.3, 0.4) is 0 Å². The Hall–Kier alpha value is -0.120. The van der Waals surface area contributed by atoms with E-state index in [1.165, 1.54) is 0 Å². The first-order valence-electron chi connectivity index (χ1n) is 2.42. The van der Waals surface area contributed by atoms with E-state index < -0.39 is 0 Å². The number of hydrogen-bond acceptors (Lipinski definition) is 3. The molecule has 1 aliphatic heterocycles. The van der Waals surface area contributed by atoms with E-state index in [2.05, 4.69) is 5.48 Å². The molecule has 0 spiro atoms. The van der Waals surface area contributed by atoms with Gasteiger partial charge in [-0.05, 0) is 6.42 Å². The highest BCUT2D eigenvalue weighted by Crippen LogP contribution is 1.85. The molecule has 0 unspecified atom stereocenters. The molecule has 3 nitrogen and oxygen atoms in total. The van der Waals surface area contributed by atoms with Crippen molar-refractivity contribution in [3.05, 3.63) is 0 Å². The van der Waals surface area contributed by atoms with Crippen LogP contribution in [0.25, 0.3) is 0 Å². The molecule has 3 heteroatoms. The summed E-state index contributed by atoms with van der Waals surface area (Å²) >= 11 is 0. The third-order valence-corrected chi connectivity index (χ3v) is 0.798. The van der Waals surface area contributed by atoms with Crippen LogP contribution in [0.15, 0.2) is 0 Å². The van der Waals surface area contributed by atoms with E-state index in [1.807, 2.05) is 0 Å². The van der Waals surface area contributed by atoms with Crippen molar-refractivity contribution < 1.29 is 9.57 Å². The molecule has 0 aliphatic carbocycles. The van der Waals surface area contributed by atoms with E-state index in [4.69, 9.17) is 9.57 Å². The summed E-state index contributed by atoms with van der Waals surface area (Å²) in [5, 5.41) is 0. The maximum absolute atomic E-state index is 4.96. The fourth-order valence-electron chi connectivity index (χ4n) is 0.461. The van der Waals surface area contributed by atoms with E-state index in [0.717, 1.165) is 19.6 Å². The molecule has 0 aromatic rings. The molecule has 1 saturated heterocycles. The van der Waals surface area contributed by atoms with Crippen LogP contribution in [-0.2, 0) is 9.57 Å². The summed E-state index contributed by atoms with van der Waals surface area (Å²) < 4.78 is 4.96. The molecule has 0 amide bonds. The monoisotopic (exact) mass is 103 g/mol. The minimum absolute atomic E-state index is 0.528. The van der Waals surface area contributed by atoms with Crippen molar-refractivity contribution in [1.29, 1.82) is 0 Å². The van der Waals surface area contributed by atoms with Gasteiger partial charge in [0.05, 0.1) is 13.2 Å². The fraction of sp³-hybridized carbons (Fsp3) is 1.00. The van der Waals surface area contributed by atoms with Crippen molar-refractivity contribution in [2.75, 3.05) is 19.9 Å². The summed E-state index contributed by atoms with van der Waals surface area (Å²) in [6.07, 6.45) is 0.993. The van der Waals surface area contributed by atoms with Crippen molar-refractivity contribution >= 4 is 0 Å². The number of ether oxygens (including phenoxy) is 1. The van der Waals surface area contributed by atoms with Gasteiger partial charge in [-0.2, -0.15) is 5.48 Å². The van der Waals surface area contributed by atoms with Crippen LogP contribution in [0.5, 0.6) is 0 Å². The molecule has 1 rings (SSSR count). The molecule has 0 bridgehead atoms. The molecular formula is C4H9NO2. The SMILES string of the molecule is C1COCNOC1. The minimum Gasteiger partial charge on any atom is -0.364 e. The Morgan fingerprint density at radius 2 is 2.29 bits per heavy atom. The molecule has 0 radical (unpaired) electrons. The molecule has 42 valence electrons. The molecule has 0 aromatic carbocycles. The summed E-state index contributed by atoms with van der Waals surface area (Å²) in [6, 6.07) is 0. The lowest BCUT2D eigenvalue weighted by atomic mass is 10.5. The molecule has 0 saturated carbocycles. The standard InChI is InChI=1S/C4H9NO2/c1-2-6-4-5-7-3-1/h5H,1-4H2. The third kappa shape index (κ3) is 1.87. The van der Waals surface area contributed by atoms with E-state index in [9.17, 15) is 0 Å². The average molecular weight is 103 g/mol. The molecule has 1 N–H and O–H groups in total. The van der Waals surface area contributed by atoms with Gasteiger partial charge in [-0.15, -0.1) is 0 Å². The van der Waals surface area contributed by atoms with E-state index in [0.29, 0.717) is 6.73 Å². The summed E-state index contributed by atoms with van der Waals surface area (Å²) in [6.45, 7) is 2.10. The highest BCUT2D eigenvalue weighted by atomic mass is 16.7. The second-order valence-electron chi connectivity index (χ2n) is 1.40. The van der Waals surface area contributed by atoms with Crippen LogP contribution < -0.4 is 5.48 Å². The van der Waals surface area contributed by atoms with E-state index in [1.54, 1.807) is 0 Å². The largest absolute Gasteiger partial charge is 0.364 e. The first-order valence-corrected chi connectivity index (χ1v) is 2.42. The molecule has 0 atom stereocenters. The summed E-state index contributed by atoms with van der Waals surface area (Å²) in [7, 11) is 0. The zero-order valence-corrected chi connectivity index (χ0v) is 4.14. The predicted octanol–water partition coefficient (Wildman–Crippen LogP) is -0.115. The molecule has 1 aliphatic rings. The lowest BCUT2D eigenvalue weighted by Gasteiger charge is -1.94. The average Bonchev–Trinajstić information content (AvgIpc) is 1.90. The topological polar surface area (TPSA) is 30.5 Å². The van der Waals surface area contributed by atoms with Crippen molar-refractivity contribution in [2.24, 2.45) is 0 Å². The Kier molecular flexibility index (Phi) is 2.12. The summed E-state index contributed by atoms with van der Waals surface area (Å²) in [5.74, 6) is 0. The van der Waals surface area contributed by atoms with Crippen LogP contribution in [0.4, 0.5) is 0 Å². The maximum Gasteiger partial charge on any atom is 0.119 e. The van der Waals surface area contributed by atoms with Gasteiger partial charge in [-0.25, -0.2) is 0 Å². The highest BCUT2D eigenvalue weighted by molar-refractivity contribution is 4.34. The van der Waals surface area contributed by atoms with Crippen molar-refractivity contribution in [3.63, 3.8) is 0 Å². The van der Waals surface area contributed by atoms with Gasteiger partial charge in [0.15, 0.2) is 0 Å². The van der Waals surface area contributed by atoms with Crippen LogP contribution >= 0.6 is 0 Å². The molecule has 1 heterocycles. The molecule has 7 heavy (non-hydrogen) atoms. The van der Waals surface area contributed by atoms with Gasteiger partial charge in [0, 0.05) is 0 Å². The second-order valence-corrected chi connectivity index (χ2v) is 1.40. The first kappa shape index (κ1) is 5.03. The smallest absolute Gasteiger partial charge is 0.119 e. The lowest BCUT2D eigenvalue weighted by molar-refractivity contribution is 0.00912. The minimum atomic E-state index is 0.528. The van der Waals surface area contributed by atoms with Gasteiger partial charge in [0.25, 0.3) is 0 Å². The number of hydroxylamine groups is 1. The molecule has 0 aromatic heterocycles. The lowest BCUT2D eigenvalue weighted by Crippen LogP contribution is -2.14. The quantitative estimate of drug-likeness (QED) is 0.464. The fourth-order valence-corrected chi connectivity index (χ4v) is 0.461. The summed E-state index contributed by atoms with van der Waals surface area (Å²) in [4.78, 5) is 4.82. The van der Waals surface area contributed by atoms with Crippen molar-refractivity contribution in [1.82, 2.24) is 5.48 Å². The predicted molar refractivity (Wildman–Crippen MR) is 24.5 cm³/mol. The van der Waals surface area contributed by atoms with Crippen LogP contribution in [-0.4, -0.2) is 19.9 Å².